The van der Waals surface area contributed by atoms with Crippen molar-refractivity contribution in [3.8, 4) is 22.6 Å². The topological polar surface area (TPSA) is 185 Å². The fourth-order valence-electron chi connectivity index (χ4n) is 11.9. The van der Waals surface area contributed by atoms with Crippen molar-refractivity contribution in [3.05, 3.63) is 106 Å². The number of hydrogen-bond donors (Lipinski definition) is 4. The van der Waals surface area contributed by atoms with Gasteiger partial charge in [-0.1, -0.05) is 54.9 Å². The van der Waals surface area contributed by atoms with Crippen molar-refractivity contribution < 1.29 is 42.5 Å². The minimum absolute atomic E-state index is 0.0531. The van der Waals surface area contributed by atoms with Gasteiger partial charge >= 0.3 is 6.03 Å². The lowest BCUT2D eigenvalue weighted by Crippen LogP contribution is -2.49. The fraction of sp³-hybridized carbons (Fsp3) is 0.453. The summed E-state index contributed by atoms with van der Waals surface area (Å²) >= 11 is 6.73. The first-order chi connectivity index (χ1) is 34.3. The van der Waals surface area contributed by atoms with Gasteiger partial charge in [-0.3, -0.25) is 34.2 Å². The first-order valence-electron chi connectivity index (χ1n) is 24.7. The Balaban J connectivity index is 0.767. The number of carbonyl (C=O) groups excluding carboxylic acids is 4. The first-order valence-corrected chi connectivity index (χ1v) is 25.1. The summed E-state index contributed by atoms with van der Waals surface area (Å²) in [4.78, 5) is 57.3. The summed E-state index contributed by atoms with van der Waals surface area (Å²) < 4.78 is 46.4. The van der Waals surface area contributed by atoms with Crippen molar-refractivity contribution >= 4 is 52.1 Å². The van der Waals surface area contributed by atoms with Crippen LogP contribution < -0.4 is 30.7 Å². The summed E-state index contributed by atoms with van der Waals surface area (Å²) in [5.41, 5.74) is 7.50. The van der Waals surface area contributed by atoms with E-state index in [1.165, 1.54) is 28.7 Å². The molecule has 15 nitrogen and oxygen atoms in total. The molecule has 4 aliphatic heterocycles. The van der Waals surface area contributed by atoms with Crippen LogP contribution in [0.25, 0.3) is 22.0 Å². The summed E-state index contributed by atoms with van der Waals surface area (Å²) in [5, 5.41) is 20.6. The lowest BCUT2D eigenvalue weighted by Gasteiger charge is -2.38. The number of halogens is 3. The van der Waals surface area contributed by atoms with Gasteiger partial charge < -0.3 is 30.5 Å². The quantitative estimate of drug-likeness (QED) is 0.0949. The van der Waals surface area contributed by atoms with Crippen molar-refractivity contribution in [1.29, 1.82) is 0 Å². The average Bonchev–Trinajstić information content (AvgIpc) is 4.08. The van der Waals surface area contributed by atoms with Crippen molar-refractivity contribution in [2.24, 2.45) is 18.7 Å². The number of likely N-dealkylation sites (tertiary alicyclic amines) is 2. The molecule has 5 aromatic rings. The molecule has 3 saturated heterocycles. The zero-order chi connectivity index (χ0) is 49.7. The molecule has 5 aliphatic rings. The minimum atomic E-state index is -1.11. The first kappa shape index (κ1) is 48.5. The Bertz CT molecular complexity index is 2890. The molecule has 10 rings (SSSR count). The molecular formula is C53H59ClF2N8O7. The van der Waals surface area contributed by atoms with E-state index in [1.54, 1.807) is 4.68 Å². The molecular weight excluding hydrogens is 934 g/mol. The predicted molar refractivity (Wildman–Crippen MR) is 264 cm³/mol. The maximum atomic E-state index is 16.5. The number of nitrogens with two attached hydrogens (primary N) is 1. The molecule has 0 spiro atoms. The molecule has 5 heterocycles. The molecule has 1 aliphatic carbocycles. The molecule has 4 aromatic carbocycles. The monoisotopic (exact) mass is 992 g/mol. The molecule has 71 heavy (non-hydrogen) atoms. The highest BCUT2D eigenvalue weighted by atomic mass is 35.5. The highest BCUT2D eigenvalue weighted by Gasteiger charge is 2.50. The van der Waals surface area contributed by atoms with Crippen LogP contribution in [0.5, 0.6) is 11.5 Å². The van der Waals surface area contributed by atoms with Gasteiger partial charge in [-0.2, -0.15) is 5.10 Å². The van der Waals surface area contributed by atoms with Crippen molar-refractivity contribution in [3.63, 3.8) is 0 Å². The number of aliphatic hydroxyl groups excluding tert-OH is 1. The van der Waals surface area contributed by atoms with Gasteiger partial charge in [0.1, 0.15) is 18.2 Å². The number of anilines is 1. The van der Waals surface area contributed by atoms with Crippen LogP contribution in [-0.4, -0.2) is 113 Å². The number of amides is 5. The maximum absolute atomic E-state index is 16.5. The van der Waals surface area contributed by atoms with Crippen LogP contribution >= 0.6 is 11.6 Å². The molecule has 2 unspecified atom stereocenters. The van der Waals surface area contributed by atoms with Crippen LogP contribution in [0.2, 0.25) is 5.02 Å². The zero-order valence-electron chi connectivity index (χ0n) is 39.9. The summed E-state index contributed by atoms with van der Waals surface area (Å²) in [7, 11) is 1.88. The summed E-state index contributed by atoms with van der Waals surface area (Å²) in [5.74, 6) is -2.60. The number of carbonyl (C=O) groups is 4. The molecule has 4 fully saturated rings. The number of aliphatic hydroxyl groups is 1. The maximum Gasteiger partial charge on any atom is 0.329 e. The number of ether oxygens (including phenoxy) is 2. The lowest BCUT2D eigenvalue weighted by atomic mass is 9.77. The van der Waals surface area contributed by atoms with Crippen LogP contribution in [0.1, 0.15) is 97.2 Å². The Hall–Kier alpha value is -6.14. The molecule has 3 atom stereocenters. The Morgan fingerprint density at radius 1 is 0.972 bits per heavy atom. The second kappa shape index (κ2) is 19.8. The number of primary amides is 1. The van der Waals surface area contributed by atoms with Gasteiger partial charge in [-0.15, -0.1) is 0 Å². The van der Waals surface area contributed by atoms with E-state index in [1.807, 2.05) is 50.4 Å². The lowest BCUT2D eigenvalue weighted by molar-refractivity contribution is -0.135. The van der Waals surface area contributed by atoms with Crippen molar-refractivity contribution in [2.75, 3.05) is 57.4 Å². The molecule has 1 saturated carbocycles. The predicted octanol–water partition coefficient (Wildman–Crippen LogP) is 7.11. The number of nitrogens with one attached hydrogen (secondary N) is 2. The van der Waals surface area contributed by atoms with Crippen molar-refractivity contribution in [1.82, 2.24) is 30.2 Å². The highest BCUT2D eigenvalue weighted by molar-refractivity contribution is 6.34. The minimum Gasteiger partial charge on any atom is -0.488 e. The second-order valence-corrected chi connectivity index (χ2v) is 20.1. The van der Waals surface area contributed by atoms with E-state index >= 15 is 8.78 Å². The Kier molecular flexibility index (Phi) is 13.5. The van der Waals surface area contributed by atoms with Crippen LogP contribution in [0.3, 0.4) is 0 Å². The van der Waals surface area contributed by atoms with Gasteiger partial charge in [0.25, 0.3) is 0 Å². The van der Waals surface area contributed by atoms with Crippen LogP contribution in [0.15, 0.2) is 66.7 Å². The van der Waals surface area contributed by atoms with Gasteiger partial charge in [0.05, 0.1) is 22.7 Å². The van der Waals surface area contributed by atoms with E-state index in [0.29, 0.717) is 36.4 Å². The van der Waals surface area contributed by atoms with Crippen LogP contribution in [0.4, 0.5) is 19.4 Å². The molecule has 1 aromatic heterocycles. The van der Waals surface area contributed by atoms with Gasteiger partial charge in [-0.25, -0.2) is 13.6 Å². The van der Waals surface area contributed by atoms with E-state index in [4.69, 9.17) is 26.8 Å². The third-order valence-corrected chi connectivity index (χ3v) is 16.1. The number of urea groups is 1. The van der Waals surface area contributed by atoms with Gasteiger partial charge in [0, 0.05) is 91.7 Å². The number of piperidine rings is 1. The van der Waals surface area contributed by atoms with E-state index in [9.17, 15) is 24.3 Å². The van der Waals surface area contributed by atoms with Gasteiger partial charge in [0.2, 0.25) is 17.7 Å². The zero-order valence-corrected chi connectivity index (χ0v) is 40.7. The number of hydrogen-bond acceptors (Lipinski definition) is 10. The average molecular weight is 994 g/mol. The van der Waals surface area contributed by atoms with Gasteiger partial charge in [0.15, 0.2) is 23.0 Å². The van der Waals surface area contributed by atoms with E-state index in [-0.39, 0.29) is 71.6 Å². The Morgan fingerprint density at radius 3 is 2.45 bits per heavy atom. The van der Waals surface area contributed by atoms with E-state index < -0.39 is 40.1 Å². The second-order valence-electron chi connectivity index (χ2n) is 19.7. The van der Waals surface area contributed by atoms with Crippen molar-refractivity contribution in [2.45, 2.75) is 87.8 Å². The SMILES string of the molecule is C[C@H]1c2c(cc(F)c(Cl)c2-c2c(C(N)=O)ccc(OCCO)c2F)OC1(CNC1CCC(C(=O)N2CCC(N3CCC(c4ccc5c(N6CCC(=O)NC6=O)nn(C)c5c4)CC3)C2)CC1)c1ccccc1. The third kappa shape index (κ3) is 8.99. The molecule has 0 bridgehead atoms. The normalized spacial score (nSPS) is 24.0. The summed E-state index contributed by atoms with van der Waals surface area (Å²) in [6.07, 6.45) is 6.21. The molecule has 18 heteroatoms. The smallest absolute Gasteiger partial charge is 0.329 e. The summed E-state index contributed by atoms with van der Waals surface area (Å²) in [6.45, 7) is 5.29. The Morgan fingerprint density at radius 2 is 1.73 bits per heavy atom. The summed E-state index contributed by atoms with van der Waals surface area (Å²) in [6, 6.07) is 19.6. The van der Waals surface area contributed by atoms with Crippen LogP contribution in [-0.2, 0) is 22.2 Å². The number of rotatable bonds is 13. The molecule has 0 radical (unpaired) electrons. The van der Waals surface area contributed by atoms with E-state index in [2.05, 4.69) is 37.7 Å². The standard InChI is InChI=1S/C53H59ClF2N8O7/c1-30-44-42(27-39(55)47(54)46(44)45-38(49(57)67)14-15-41(48(45)56)70-25-24-65)71-53(30,34-6-4-3-5-7-34)29-58-35-11-8-32(9-12-35)51(68)63-22-18-36(28-63)62-20-16-31(17-21-62)33-10-13-37-40(26-33)61(2)60-50(37)64-23-19-43(66)59-52(64)69/h3-7,10,13-15,26-27,30-32,35-36,58,65H,8-9,11-12,16-25,28-29H2,1-2H3,(H2,57,67)(H,59,66,69)/t30-,32?,35?,36?,53?/m0/s1. The molecule has 5 amide bonds. The number of nitrogens with zero attached hydrogens (tertiary/aromatic N) is 5. The van der Waals surface area contributed by atoms with E-state index in [0.717, 1.165) is 87.6 Å². The number of aryl methyl sites for hydroxylation is 1. The number of fused-ring (bicyclic) bond motifs is 2. The fourth-order valence-corrected chi connectivity index (χ4v) is 12.2. The molecule has 374 valence electrons. The largest absolute Gasteiger partial charge is 0.488 e. The highest BCUT2D eigenvalue weighted by Crippen LogP contribution is 2.56. The number of imide groups is 1. The van der Waals surface area contributed by atoms with Crippen LogP contribution in [0, 0.1) is 17.6 Å². The number of aromatic nitrogens is 2. The van der Waals surface area contributed by atoms with Gasteiger partial charge in [-0.05, 0) is 99.3 Å². The number of benzene rings is 4. The third-order valence-electron chi connectivity index (χ3n) is 15.8. The molecule has 5 N–H and O–H groups in total. The Labute approximate surface area is 415 Å².